The number of carboxylic acids is 1. The number of ether oxygens (including phenoxy) is 1. The number of allylic oxidation sites excluding steroid dienone is 2. The summed E-state index contributed by atoms with van der Waals surface area (Å²) in [6, 6.07) is 6.58. The van der Waals surface area contributed by atoms with Gasteiger partial charge >= 0.3 is 5.97 Å². The van der Waals surface area contributed by atoms with Crippen LogP contribution in [-0.2, 0) is 9.53 Å². The predicted octanol–water partition coefficient (Wildman–Crippen LogP) is 8.18. The van der Waals surface area contributed by atoms with Gasteiger partial charge in [0.2, 0.25) is 0 Å². The third-order valence-electron chi connectivity index (χ3n) is 6.62. The van der Waals surface area contributed by atoms with E-state index in [1.54, 1.807) is 0 Å². The van der Waals surface area contributed by atoms with Crippen LogP contribution in [0.3, 0.4) is 0 Å². The number of rotatable bonds is 7. The van der Waals surface area contributed by atoms with Crippen LogP contribution in [0.5, 0.6) is 0 Å². The van der Waals surface area contributed by atoms with Gasteiger partial charge in [-0.25, -0.2) is 4.79 Å². The first-order chi connectivity index (χ1) is 16.0. The van der Waals surface area contributed by atoms with E-state index in [9.17, 15) is 9.90 Å². The number of hydrogen-bond acceptors (Lipinski definition) is 4. The number of aryl methyl sites for hydroxylation is 2. The van der Waals surface area contributed by atoms with Gasteiger partial charge in [0.15, 0.2) is 6.10 Å². The Kier molecular flexibility index (Phi) is 8.20. The first kappa shape index (κ1) is 26.4. The third kappa shape index (κ3) is 5.52. The highest BCUT2D eigenvalue weighted by atomic mass is 32.2. The zero-order valence-corrected chi connectivity index (χ0v) is 22.7. The Morgan fingerprint density at radius 2 is 1.76 bits per heavy atom. The molecule has 4 nitrogen and oxygen atoms in total. The average Bonchev–Trinajstić information content (AvgIpc) is 2.76. The first-order valence-corrected chi connectivity index (χ1v) is 13.3. The van der Waals surface area contributed by atoms with E-state index < -0.39 is 17.7 Å². The van der Waals surface area contributed by atoms with Crippen molar-refractivity contribution < 1.29 is 14.6 Å². The van der Waals surface area contributed by atoms with E-state index >= 15 is 0 Å². The summed E-state index contributed by atoms with van der Waals surface area (Å²) in [5, 5.41) is 10.3. The predicted molar refractivity (Wildman–Crippen MR) is 146 cm³/mol. The maximum absolute atomic E-state index is 12.6. The van der Waals surface area contributed by atoms with Crippen LogP contribution in [0, 0.1) is 27.7 Å². The summed E-state index contributed by atoms with van der Waals surface area (Å²) in [5.41, 5.74) is 10.3. The van der Waals surface area contributed by atoms with Crippen LogP contribution in [0.25, 0.3) is 16.7 Å². The van der Waals surface area contributed by atoms with Crippen molar-refractivity contribution in [1.29, 1.82) is 0 Å². The molecule has 0 spiro atoms. The lowest BCUT2D eigenvalue weighted by atomic mass is 9.79. The van der Waals surface area contributed by atoms with Crippen LogP contribution >= 0.6 is 11.9 Å². The van der Waals surface area contributed by atoms with E-state index in [1.165, 1.54) is 35.1 Å². The zero-order chi connectivity index (χ0) is 25.2. The number of nitrogens with one attached hydrogen (secondary N) is 1. The average molecular weight is 482 g/mol. The van der Waals surface area contributed by atoms with Crippen molar-refractivity contribution in [3.63, 3.8) is 0 Å². The Hall–Kier alpha value is -2.24. The molecule has 0 aromatic heterocycles. The zero-order valence-electron chi connectivity index (χ0n) is 21.9. The topological polar surface area (TPSA) is 58.6 Å². The summed E-state index contributed by atoms with van der Waals surface area (Å²) in [7, 11) is 0. The second kappa shape index (κ2) is 10.6. The molecule has 1 aliphatic carbocycles. The number of carbonyl (C=O) groups is 1. The lowest BCUT2D eigenvalue weighted by molar-refractivity contribution is -0.160. The molecular weight excluding hydrogens is 442 g/mol. The fourth-order valence-electron chi connectivity index (χ4n) is 4.90. The molecule has 2 aromatic carbocycles. The molecule has 0 aliphatic heterocycles. The van der Waals surface area contributed by atoms with Gasteiger partial charge in [0, 0.05) is 17.4 Å². The number of hydrogen-bond donors (Lipinski definition) is 2. The number of aliphatic carboxylic acids is 1. The third-order valence-corrected chi connectivity index (χ3v) is 7.03. The molecule has 2 aromatic rings. The summed E-state index contributed by atoms with van der Waals surface area (Å²) in [6.45, 7) is 14.2. The molecule has 34 heavy (non-hydrogen) atoms. The van der Waals surface area contributed by atoms with Gasteiger partial charge in [-0.15, -0.1) is 0 Å². The van der Waals surface area contributed by atoms with Crippen LogP contribution in [0.1, 0.15) is 85.9 Å². The van der Waals surface area contributed by atoms with Crippen molar-refractivity contribution >= 4 is 29.2 Å². The molecule has 0 saturated heterocycles. The summed E-state index contributed by atoms with van der Waals surface area (Å²) in [6.07, 6.45) is 7.52. The van der Waals surface area contributed by atoms with Gasteiger partial charge in [-0.1, -0.05) is 36.2 Å². The van der Waals surface area contributed by atoms with E-state index in [4.69, 9.17) is 4.74 Å². The van der Waals surface area contributed by atoms with Crippen LogP contribution in [0.2, 0.25) is 0 Å². The normalized spacial score (nSPS) is 15.1. The first-order valence-electron chi connectivity index (χ1n) is 12.1. The molecule has 0 saturated carbocycles. The van der Waals surface area contributed by atoms with Crippen molar-refractivity contribution in [3.05, 3.63) is 57.7 Å². The molecule has 0 fully saturated rings. The summed E-state index contributed by atoms with van der Waals surface area (Å²) in [5.74, 6) is -0.955. The maximum atomic E-state index is 12.6. The minimum atomic E-state index is -1.05. The fraction of sp³-hybridized carbons (Fsp3) is 0.483. The molecule has 0 bridgehead atoms. The quantitative estimate of drug-likeness (QED) is 0.391. The van der Waals surface area contributed by atoms with E-state index in [1.807, 2.05) is 34.0 Å². The highest BCUT2D eigenvalue weighted by molar-refractivity contribution is 7.99. The van der Waals surface area contributed by atoms with E-state index in [2.05, 4.69) is 49.8 Å². The van der Waals surface area contributed by atoms with Crippen LogP contribution in [-0.4, -0.2) is 22.9 Å². The molecular formula is C29H39NO3S. The van der Waals surface area contributed by atoms with Crippen LogP contribution in [0.4, 0.5) is 5.69 Å². The van der Waals surface area contributed by atoms with Gasteiger partial charge in [0.05, 0.1) is 11.3 Å². The van der Waals surface area contributed by atoms with Crippen molar-refractivity contribution in [2.24, 2.45) is 0 Å². The van der Waals surface area contributed by atoms with Gasteiger partial charge in [0.25, 0.3) is 0 Å². The molecule has 3 rings (SSSR count). The Morgan fingerprint density at radius 3 is 2.29 bits per heavy atom. The molecule has 1 unspecified atom stereocenters. The monoisotopic (exact) mass is 481 g/mol. The van der Waals surface area contributed by atoms with Crippen molar-refractivity contribution in [2.45, 2.75) is 85.9 Å². The highest BCUT2D eigenvalue weighted by Gasteiger charge is 2.34. The van der Waals surface area contributed by atoms with Gasteiger partial charge in [0.1, 0.15) is 0 Å². The minimum absolute atomic E-state index is 0.596. The van der Waals surface area contributed by atoms with Crippen LogP contribution < -0.4 is 4.72 Å². The number of anilines is 1. The highest BCUT2D eigenvalue weighted by Crippen LogP contribution is 2.47. The lowest BCUT2D eigenvalue weighted by Gasteiger charge is -2.32. The molecule has 5 heteroatoms. The molecule has 184 valence electrons. The lowest BCUT2D eigenvalue weighted by Crippen LogP contribution is -2.29. The van der Waals surface area contributed by atoms with Gasteiger partial charge in [-0.2, -0.15) is 0 Å². The maximum Gasteiger partial charge on any atom is 0.337 e. The second-order valence-electron chi connectivity index (χ2n) is 10.3. The number of benzene rings is 2. The summed E-state index contributed by atoms with van der Waals surface area (Å²) in [4.78, 5) is 12.6. The van der Waals surface area contributed by atoms with Gasteiger partial charge < -0.3 is 14.6 Å². The second-order valence-corrected chi connectivity index (χ2v) is 10.9. The molecule has 1 aliphatic rings. The molecule has 1 atom stereocenters. The molecule has 0 radical (unpaired) electrons. The van der Waals surface area contributed by atoms with E-state index in [0.717, 1.165) is 58.3 Å². The minimum Gasteiger partial charge on any atom is -0.479 e. The van der Waals surface area contributed by atoms with Gasteiger partial charge in [-0.3, -0.25) is 0 Å². The standard InChI is InChI=1S/C29H39NO3S/c1-17-14-15-22(16-18(17)2)24-19(3)23(21-12-10-9-11-13-21)25(20(4)26(24)30-34-8)27(28(31)32)33-29(5,6)7/h12,14-16,27,30H,9-11,13H2,1-8H3,(H,31,32). The Labute approximate surface area is 209 Å². The van der Waals surface area contributed by atoms with E-state index in [-0.39, 0.29) is 0 Å². The van der Waals surface area contributed by atoms with Gasteiger partial charge in [-0.05, 0) is 113 Å². The smallest absolute Gasteiger partial charge is 0.337 e. The summed E-state index contributed by atoms with van der Waals surface area (Å²) >= 11 is 1.52. The molecule has 2 N–H and O–H groups in total. The molecule has 0 heterocycles. The van der Waals surface area contributed by atoms with Crippen LogP contribution in [0.15, 0.2) is 24.3 Å². The summed E-state index contributed by atoms with van der Waals surface area (Å²) < 4.78 is 9.70. The largest absolute Gasteiger partial charge is 0.479 e. The Morgan fingerprint density at radius 1 is 1.06 bits per heavy atom. The Bertz CT molecular complexity index is 1110. The van der Waals surface area contributed by atoms with Crippen molar-refractivity contribution in [2.75, 3.05) is 11.0 Å². The van der Waals surface area contributed by atoms with Crippen molar-refractivity contribution in [3.8, 4) is 11.1 Å². The van der Waals surface area contributed by atoms with E-state index in [0.29, 0.717) is 0 Å². The fourth-order valence-corrected chi connectivity index (χ4v) is 5.36. The number of carboxylic acid groups (broad SMARTS) is 1. The Balaban J connectivity index is 2.44. The SMILES string of the molecule is CSNc1c(C)c(C(OC(C)(C)C)C(=O)O)c(C2=CCCCC2)c(C)c1-c1ccc(C)c(C)c1. The van der Waals surface area contributed by atoms with Crippen molar-refractivity contribution in [1.82, 2.24) is 0 Å². The molecule has 0 amide bonds.